The topological polar surface area (TPSA) is 85.8 Å². The van der Waals surface area contributed by atoms with Crippen molar-refractivity contribution in [3.05, 3.63) is 30.2 Å². The summed E-state index contributed by atoms with van der Waals surface area (Å²) in [5.74, 6) is 0.252. The Kier molecular flexibility index (Phi) is 2.78. The van der Waals surface area contributed by atoms with E-state index in [1.165, 1.54) is 6.92 Å². The molecule has 2 heterocycles. The number of hydrogen-bond acceptors (Lipinski definition) is 4. The minimum absolute atomic E-state index is 0.181. The molecule has 2 aromatic rings. The Balaban J connectivity index is 2.34. The van der Waals surface area contributed by atoms with Gasteiger partial charge in [-0.3, -0.25) is 4.79 Å². The van der Waals surface area contributed by atoms with E-state index in [1.54, 1.807) is 23.1 Å². The average molecular weight is 231 g/mol. The molecule has 0 unspecified atom stereocenters. The fraction of sp³-hybridized carbons (Fsp3) is 0.182. The summed E-state index contributed by atoms with van der Waals surface area (Å²) >= 11 is 0. The van der Waals surface area contributed by atoms with Crippen molar-refractivity contribution in [3.63, 3.8) is 0 Å². The van der Waals surface area contributed by atoms with Gasteiger partial charge in [0.15, 0.2) is 0 Å². The first-order valence-corrected chi connectivity index (χ1v) is 5.11. The van der Waals surface area contributed by atoms with Gasteiger partial charge < -0.3 is 11.1 Å². The molecule has 6 heteroatoms. The molecule has 6 nitrogen and oxygen atoms in total. The average Bonchev–Trinajstić information content (AvgIpc) is 2.64. The standard InChI is InChI=1S/C11H13N5O/c1-7-4-14-16(6-7)10-5-13-11(3-9(10)12)15-8(2)17/h3-6H,1-2H3,(H3,12,13,15,17). The van der Waals surface area contributed by atoms with Crippen molar-refractivity contribution in [2.75, 3.05) is 11.1 Å². The minimum atomic E-state index is -0.181. The number of carbonyl (C=O) groups excluding carboxylic acids is 1. The quantitative estimate of drug-likeness (QED) is 0.810. The summed E-state index contributed by atoms with van der Waals surface area (Å²) in [6, 6.07) is 1.60. The Hall–Kier alpha value is -2.37. The molecule has 0 aromatic carbocycles. The lowest BCUT2D eigenvalue weighted by Crippen LogP contribution is -2.09. The van der Waals surface area contributed by atoms with E-state index < -0.39 is 0 Å². The van der Waals surface area contributed by atoms with Gasteiger partial charge in [0.05, 0.1) is 18.1 Å². The number of carbonyl (C=O) groups is 1. The maximum atomic E-state index is 10.9. The van der Waals surface area contributed by atoms with Crippen molar-refractivity contribution in [2.45, 2.75) is 13.8 Å². The number of rotatable bonds is 2. The molecule has 17 heavy (non-hydrogen) atoms. The Labute approximate surface area is 98.5 Å². The molecule has 0 spiro atoms. The Morgan fingerprint density at radius 1 is 1.47 bits per heavy atom. The summed E-state index contributed by atoms with van der Waals surface area (Å²) in [6.07, 6.45) is 5.17. The number of nitrogens with zero attached hydrogens (tertiary/aromatic N) is 3. The Bertz CT molecular complexity index is 561. The molecular weight excluding hydrogens is 218 g/mol. The van der Waals surface area contributed by atoms with Crippen molar-refractivity contribution in [1.82, 2.24) is 14.8 Å². The van der Waals surface area contributed by atoms with E-state index in [4.69, 9.17) is 5.73 Å². The Morgan fingerprint density at radius 2 is 2.24 bits per heavy atom. The highest BCUT2D eigenvalue weighted by molar-refractivity contribution is 5.88. The molecule has 88 valence electrons. The van der Waals surface area contributed by atoms with E-state index in [0.29, 0.717) is 17.2 Å². The number of pyridine rings is 1. The van der Waals surface area contributed by atoms with Crippen LogP contribution >= 0.6 is 0 Å². The van der Waals surface area contributed by atoms with E-state index in [0.717, 1.165) is 5.56 Å². The molecule has 0 fully saturated rings. The van der Waals surface area contributed by atoms with E-state index in [-0.39, 0.29) is 5.91 Å². The van der Waals surface area contributed by atoms with E-state index >= 15 is 0 Å². The first-order chi connectivity index (χ1) is 8.06. The van der Waals surface area contributed by atoms with Gasteiger partial charge in [0.25, 0.3) is 0 Å². The van der Waals surface area contributed by atoms with Gasteiger partial charge in [-0.25, -0.2) is 9.67 Å². The lowest BCUT2D eigenvalue weighted by atomic mass is 10.3. The van der Waals surface area contributed by atoms with Gasteiger partial charge >= 0.3 is 0 Å². The molecular formula is C11H13N5O. The van der Waals surface area contributed by atoms with E-state index in [1.807, 2.05) is 13.1 Å². The third-order valence-corrected chi connectivity index (χ3v) is 2.18. The summed E-state index contributed by atoms with van der Waals surface area (Å²) in [7, 11) is 0. The zero-order valence-electron chi connectivity index (χ0n) is 9.64. The van der Waals surface area contributed by atoms with Crippen LogP contribution in [-0.2, 0) is 4.79 Å². The lowest BCUT2D eigenvalue weighted by Gasteiger charge is -2.07. The van der Waals surface area contributed by atoms with Gasteiger partial charge in [-0.2, -0.15) is 5.10 Å². The van der Waals surface area contributed by atoms with Crippen LogP contribution in [0.5, 0.6) is 0 Å². The van der Waals surface area contributed by atoms with Crippen LogP contribution in [0, 0.1) is 6.92 Å². The molecule has 2 aromatic heterocycles. The highest BCUT2D eigenvalue weighted by Crippen LogP contribution is 2.18. The largest absolute Gasteiger partial charge is 0.397 e. The minimum Gasteiger partial charge on any atom is -0.397 e. The van der Waals surface area contributed by atoms with E-state index in [9.17, 15) is 4.79 Å². The van der Waals surface area contributed by atoms with Crippen LogP contribution in [0.25, 0.3) is 5.69 Å². The maximum Gasteiger partial charge on any atom is 0.222 e. The number of aromatic nitrogens is 3. The molecule has 0 saturated carbocycles. The predicted octanol–water partition coefficient (Wildman–Crippen LogP) is 1.12. The molecule has 0 bridgehead atoms. The van der Waals surface area contributed by atoms with Gasteiger partial charge in [0.1, 0.15) is 11.5 Å². The number of anilines is 2. The summed E-state index contributed by atoms with van der Waals surface area (Å²) in [5, 5.41) is 6.72. The normalized spacial score (nSPS) is 10.2. The summed E-state index contributed by atoms with van der Waals surface area (Å²) in [4.78, 5) is 15.0. The molecule has 0 aliphatic carbocycles. The number of nitrogens with two attached hydrogens (primary N) is 1. The number of amides is 1. The number of hydrogen-bond donors (Lipinski definition) is 2. The fourth-order valence-corrected chi connectivity index (χ4v) is 1.45. The first kappa shape index (κ1) is 11.1. The second-order valence-electron chi connectivity index (χ2n) is 3.77. The third-order valence-electron chi connectivity index (χ3n) is 2.18. The molecule has 0 saturated heterocycles. The monoisotopic (exact) mass is 231 g/mol. The number of aryl methyl sites for hydroxylation is 1. The SMILES string of the molecule is CC(=O)Nc1cc(N)c(-n2cc(C)cn2)cn1. The van der Waals surface area contributed by atoms with Crippen LogP contribution in [0.15, 0.2) is 24.7 Å². The molecule has 2 rings (SSSR count). The molecule has 0 radical (unpaired) electrons. The molecule has 1 amide bonds. The van der Waals surface area contributed by atoms with Crippen molar-refractivity contribution in [3.8, 4) is 5.69 Å². The van der Waals surface area contributed by atoms with Crippen molar-refractivity contribution in [2.24, 2.45) is 0 Å². The maximum absolute atomic E-state index is 10.9. The molecule has 3 N–H and O–H groups in total. The first-order valence-electron chi connectivity index (χ1n) is 5.11. The summed E-state index contributed by atoms with van der Waals surface area (Å²) in [5.41, 5.74) is 8.12. The molecule has 0 aliphatic rings. The van der Waals surface area contributed by atoms with Crippen LogP contribution in [-0.4, -0.2) is 20.7 Å². The van der Waals surface area contributed by atoms with Crippen LogP contribution in [0.2, 0.25) is 0 Å². The molecule has 0 aliphatic heterocycles. The second-order valence-corrected chi connectivity index (χ2v) is 3.77. The van der Waals surface area contributed by atoms with Crippen molar-refractivity contribution >= 4 is 17.4 Å². The smallest absolute Gasteiger partial charge is 0.222 e. The predicted molar refractivity (Wildman–Crippen MR) is 64.8 cm³/mol. The summed E-state index contributed by atoms with van der Waals surface area (Å²) < 4.78 is 1.65. The Morgan fingerprint density at radius 3 is 2.76 bits per heavy atom. The van der Waals surface area contributed by atoms with Gasteiger partial charge in [0.2, 0.25) is 5.91 Å². The van der Waals surface area contributed by atoms with Crippen molar-refractivity contribution in [1.29, 1.82) is 0 Å². The fourth-order valence-electron chi connectivity index (χ4n) is 1.45. The lowest BCUT2D eigenvalue weighted by molar-refractivity contribution is -0.114. The highest BCUT2D eigenvalue weighted by Gasteiger charge is 2.06. The van der Waals surface area contributed by atoms with Gasteiger partial charge in [0, 0.05) is 19.2 Å². The van der Waals surface area contributed by atoms with Crippen LogP contribution < -0.4 is 11.1 Å². The van der Waals surface area contributed by atoms with Gasteiger partial charge in [-0.15, -0.1) is 0 Å². The number of nitrogens with one attached hydrogen (secondary N) is 1. The van der Waals surface area contributed by atoms with Crippen LogP contribution in [0.3, 0.4) is 0 Å². The van der Waals surface area contributed by atoms with Crippen molar-refractivity contribution < 1.29 is 4.79 Å². The van der Waals surface area contributed by atoms with E-state index in [2.05, 4.69) is 15.4 Å². The summed E-state index contributed by atoms with van der Waals surface area (Å²) in [6.45, 7) is 3.36. The highest BCUT2D eigenvalue weighted by atomic mass is 16.1. The second kappa shape index (κ2) is 4.25. The van der Waals surface area contributed by atoms with Gasteiger partial charge in [-0.1, -0.05) is 0 Å². The van der Waals surface area contributed by atoms with Crippen LogP contribution in [0.4, 0.5) is 11.5 Å². The molecule has 0 atom stereocenters. The van der Waals surface area contributed by atoms with Gasteiger partial charge in [-0.05, 0) is 12.5 Å². The van der Waals surface area contributed by atoms with Crippen LogP contribution in [0.1, 0.15) is 12.5 Å². The number of nitrogen functional groups attached to an aromatic ring is 1. The zero-order valence-corrected chi connectivity index (χ0v) is 9.64. The zero-order chi connectivity index (χ0) is 12.4. The third kappa shape index (κ3) is 2.41.